The Morgan fingerprint density at radius 1 is 1.52 bits per heavy atom. The van der Waals surface area contributed by atoms with Gasteiger partial charge in [0.25, 0.3) is 5.91 Å². The summed E-state index contributed by atoms with van der Waals surface area (Å²) in [5, 5.41) is 9.49. The van der Waals surface area contributed by atoms with E-state index in [9.17, 15) is 14.7 Å². The van der Waals surface area contributed by atoms with Crippen molar-refractivity contribution in [2.24, 2.45) is 5.92 Å². The van der Waals surface area contributed by atoms with E-state index in [-0.39, 0.29) is 11.8 Å². The van der Waals surface area contributed by atoms with Crippen LogP contribution >= 0.6 is 39.9 Å². The molecule has 1 aliphatic heterocycles. The van der Waals surface area contributed by atoms with Crippen molar-refractivity contribution < 1.29 is 14.7 Å². The summed E-state index contributed by atoms with van der Waals surface area (Å²) in [5.74, 6) is -1.55. The second kappa shape index (κ2) is 7.59. The number of carboxylic acids is 1. The summed E-state index contributed by atoms with van der Waals surface area (Å²) in [5.41, 5.74) is 0.857. The number of carbonyl (C=O) groups is 2. The van der Waals surface area contributed by atoms with Crippen LogP contribution in [0.4, 0.5) is 0 Å². The fourth-order valence-corrected chi connectivity index (χ4v) is 4.05. The molecule has 1 saturated heterocycles. The lowest BCUT2D eigenvalue weighted by atomic mass is 9.98. The molecule has 0 radical (unpaired) electrons. The summed E-state index contributed by atoms with van der Waals surface area (Å²) in [6, 6.07) is 6.60. The molecule has 2 rings (SSSR count). The first-order valence-electron chi connectivity index (χ1n) is 7.10. The minimum absolute atomic E-state index is 0.180. The average molecular weight is 414 g/mol. The van der Waals surface area contributed by atoms with Gasteiger partial charge in [-0.05, 0) is 29.7 Å². The first-order chi connectivity index (χ1) is 10.8. The number of benzene rings is 1. The van der Waals surface area contributed by atoms with Crippen LogP contribution in [0.5, 0.6) is 0 Å². The van der Waals surface area contributed by atoms with E-state index in [1.165, 1.54) is 4.90 Å². The normalized spacial score (nSPS) is 19.3. The van der Waals surface area contributed by atoms with Crippen molar-refractivity contribution in [3.63, 3.8) is 0 Å². The summed E-state index contributed by atoms with van der Waals surface area (Å²) in [7, 11) is 0. The number of carboxylic acid groups (broad SMARTS) is 1. The van der Waals surface area contributed by atoms with Crippen LogP contribution in [0.3, 0.4) is 0 Å². The summed E-state index contributed by atoms with van der Waals surface area (Å²) >= 11 is 9.79. The molecule has 2 atom stereocenters. The van der Waals surface area contributed by atoms with Crippen LogP contribution in [-0.2, 0) is 9.59 Å². The third kappa shape index (κ3) is 4.02. The van der Waals surface area contributed by atoms with Crippen molar-refractivity contribution >= 4 is 62.2 Å². The van der Waals surface area contributed by atoms with Crippen molar-refractivity contribution in [1.82, 2.24) is 4.90 Å². The zero-order valence-electron chi connectivity index (χ0n) is 12.7. The molecule has 1 aromatic carbocycles. The summed E-state index contributed by atoms with van der Waals surface area (Å²) < 4.78 is 1.20. The van der Waals surface area contributed by atoms with Crippen LogP contribution in [0.15, 0.2) is 33.6 Å². The molecule has 0 aromatic heterocycles. The number of hydrogen-bond donors (Lipinski definition) is 1. The first kappa shape index (κ1) is 18.2. The zero-order chi connectivity index (χ0) is 17.1. The highest BCUT2D eigenvalue weighted by molar-refractivity contribution is 9.10. The maximum absolute atomic E-state index is 12.6. The number of thiocarbonyl (C=S) groups is 1. The van der Waals surface area contributed by atoms with Crippen molar-refractivity contribution in [3.8, 4) is 0 Å². The Labute approximate surface area is 153 Å². The van der Waals surface area contributed by atoms with E-state index >= 15 is 0 Å². The number of amides is 1. The van der Waals surface area contributed by atoms with Crippen LogP contribution in [0.25, 0.3) is 6.08 Å². The molecule has 1 aliphatic rings. The van der Waals surface area contributed by atoms with Crippen molar-refractivity contribution in [3.05, 3.63) is 39.2 Å². The Kier molecular flexibility index (Phi) is 6.00. The van der Waals surface area contributed by atoms with Gasteiger partial charge in [-0.15, -0.1) is 0 Å². The van der Waals surface area contributed by atoms with Gasteiger partial charge in [0, 0.05) is 4.47 Å². The number of carbonyl (C=O) groups excluding carboxylic acids is 1. The van der Waals surface area contributed by atoms with Gasteiger partial charge in [0.05, 0.1) is 4.91 Å². The van der Waals surface area contributed by atoms with Crippen LogP contribution in [0.1, 0.15) is 25.8 Å². The van der Waals surface area contributed by atoms with Gasteiger partial charge in [0.1, 0.15) is 10.4 Å². The highest BCUT2D eigenvalue weighted by atomic mass is 79.9. The molecule has 1 N–H and O–H groups in total. The first-order valence-corrected chi connectivity index (χ1v) is 9.12. The molecule has 0 spiro atoms. The van der Waals surface area contributed by atoms with Crippen molar-refractivity contribution in [1.29, 1.82) is 0 Å². The molecule has 122 valence electrons. The fraction of sp³-hybridized carbons (Fsp3) is 0.312. The van der Waals surface area contributed by atoms with Gasteiger partial charge in [-0.25, -0.2) is 4.79 Å². The van der Waals surface area contributed by atoms with Crippen LogP contribution in [-0.4, -0.2) is 32.2 Å². The lowest BCUT2D eigenvalue weighted by Crippen LogP contribution is -2.47. The lowest BCUT2D eigenvalue weighted by molar-refractivity contribution is -0.147. The zero-order valence-corrected chi connectivity index (χ0v) is 15.9. The number of thioether (sulfide) groups is 1. The van der Waals surface area contributed by atoms with Gasteiger partial charge in [-0.2, -0.15) is 0 Å². The Morgan fingerprint density at radius 2 is 2.22 bits per heavy atom. The largest absolute Gasteiger partial charge is 0.480 e. The molecule has 0 unspecified atom stereocenters. The molecular weight excluding hydrogens is 398 g/mol. The predicted octanol–water partition coefficient (Wildman–Crippen LogP) is 4.15. The van der Waals surface area contributed by atoms with E-state index in [1.807, 2.05) is 38.1 Å². The van der Waals surface area contributed by atoms with Crippen LogP contribution < -0.4 is 0 Å². The van der Waals surface area contributed by atoms with E-state index in [0.717, 1.165) is 21.8 Å². The topological polar surface area (TPSA) is 57.6 Å². The van der Waals surface area contributed by atoms with E-state index in [0.29, 0.717) is 15.6 Å². The number of rotatable bonds is 5. The smallest absolute Gasteiger partial charge is 0.327 e. The second-order valence-corrected chi connectivity index (χ2v) is 7.87. The molecule has 1 amide bonds. The minimum Gasteiger partial charge on any atom is -0.480 e. The third-order valence-electron chi connectivity index (χ3n) is 3.68. The molecule has 0 bridgehead atoms. The number of halogens is 1. The molecule has 1 aromatic rings. The second-order valence-electron chi connectivity index (χ2n) is 5.28. The van der Waals surface area contributed by atoms with E-state index in [2.05, 4.69) is 15.9 Å². The predicted molar refractivity (Wildman–Crippen MR) is 100 cm³/mol. The molecule has 0 saturated carbocycles. The molecule has 1 heterocycles. The quantitative estimate of drug-likeness (QED) is 0.580. The molecule has 23 heavy (non-hydrogen) atoms. The lowest BCUT2D eigenvalue weighted by Gasteiger charge is -2.27. The van der Waals surface area contributed by atoms with Crippen LogP contribution in [0.2, 0.25) is 0 Å². The fourth-order valence-electron chi connectivity index (χ4n) is 2.30. The Hall–Kier alpha value is -1.18. The molecular formula is C16H16BrNO3S2. The van der Waals surface area contributed by atoms with Gasteiger partial charge in [-0.1, -0.05) is 72.3 Å². The number of hydrogen-bond acceptors (Lipinski definition) is 4. The Bertz CT molecular complexity index is 690. The molecule has 0 aliphatic carbocycles. The monoisotopic (exact) mass is 413 g/mol. The standard InChI is InChI=1S/C16H16BrNO3S2/c1-3-9(2)13(15(20)21)18-14(19)12(23-16(18)22)8-10-5-4-6-11(17)7-10/h4-9,13H,3H2,1-2H3,(H,20,21)/b12-8-/t9-,13-/m1/s1. The minimum atomic E-state index is -1.03. The third-order valence-corrected chi connectivity index (χ3v) is 5.51. The maximum Gasteiger partial charge on any atom is 0.327 e. The van der Waals surface area contributed by atoms with E-state index in [4.69, 9.17) is 12.2 Å². The maximum atomic E-state index is 12.6. The molecule has 7 heteroatoms. The summed E-state index contributed by atoms with van der Waals surface area (Å²) in [6.07, 6.45) is 2.39. The van der Waals surface area contributed by atoms with Crippen LogP contribution in [0, 0.1) is 5.92 Å². The van der Waals surface area contributed by atoms with Crippen molar-refractivity contribution in [2.45, 2.75) is 26.3 Å². The Morgan fingerprint density at radius 3 is 2.78 bits per heavy atom. The number of aliphatic carboxylic acids is 1. The highest BCUT2D eigenvalue weighted by Gasteiger charge is 2.42. The average Bonchev–Trinajstić information content (AvgIpc) is 2.75. The van der Waals surface area contributed by atoms with Gasteiger partial charge < -0.3 is 5.11 Å². The van der Waals surface area contributed by atoms with Gasteiger partial charge in [-0.3, -0.25) is 9.69 Å². The van der Waals surface area contributed by atoms with Gasteiger partial charge in [0.2, 0.25) is 0 Å². The SMILES string of the molecule is CC[C@@H](C)[C@H](C(=O)O)N1C(=O)/C(=C/c2cccc(Br)c2)SC1=S. The summed E-state index contributed by atoms with van der Waals surface area (Å²) in [4.78, 5) is 25.9. The molecule has 4 nitrogen and oxygen atoms in total. The van der Waals surface area contributed by atoms with E-state index < -0.39 is 12.0 Å². The van der Waals surface area contributed by atoms with E-state index in [1.54, 1.807) is 6.08 Å². The van der Waals surface area contributed by atoms with Crippen molar-refractivity contribution in [2.75, 3.05) is 0 Å². The van der Waals surface area contributed by atoms with Gasteiger partial charge >= 0.3 is 5.97 Å². The highest BCUT2D eigenvalue weighted by Crippen LogP contribution is 2.36. The Balaban J connectivity index is 2.34. The molecule has 1 fully saturated rings. The van der Waals surface area contributed by atoms with Gasteiger partial charge in [0.15, 0.2) is 0 Å². The summed E-state index contributed by atoms with van der Waals surface area (Å²) in [6.45, 7) is 3.71. The number of nitrogens with zero attached hydrogens (tertiary/aromatic N) is 1.